The Bertz CT molecular complexity index is 148. The summed E-state index contributed by atoms with van der Waals surface area (Å²) in [7, 11) is 0. The van der Waals surface area contributed by atoms with Crippen molar-refractivity contribution in [3.63, 3.8) is 0 Å². The first kappa shape index (κ1) is 9.80. The molecule has 0 saturated carbocycles. The van der Waals surface area contributed by atoms with Crippen LogP contribution in [0.5, 0.6) is 0 Å². The predicted molar refractivity (Wildman–Crippen MR) is 37.7 cm³/mol. The van der Waals surface area contributed by atoms with Crippen LogP contribution >= 0.6 is 0 Å². The van der Waals surface area contributed by atoms with Gasteiger partial charge < -0.3 is 5.11 Å². The largest absolute Gasteiger partial charge is 0.401 e. The Morgan fingerprint density at radius 3 is 2.58 bits per heavy atom. The average Bonchev–Trinajstić information content (AvgIpc) is 2.31. The molecule has 2 nitrogen and oxygen atoms in total. The molecule has 0 aromatic carbocycles. The van der Waals surface area contributed by atoms with Gasteiger partial charge >= 0.3 is 6.18 Å². The number of nitrogens with zero attached hydrogens (tertiary/aromatic N) is 1. The van der Waals surface area contributed by atoms with Crippen molar-refractivity contribution >= 4 is 0 Å². The third-order valence-electron chi connectivity index (χ3n) is 2.09. The van der Waals surface area contributed by atoms with Gasteiger partial charge in [-0.2, -0.15) is 13.2 Å². The maximum atomic E-state index is 11.9. The van der Waals surface area contributed by atoms with Gasteiger partial charge in [-0.15, -0.1) is 0 Å². The van der Waals surface area contributed by atoms with E-state index in [1.807, 2.05) is 0 Å². The molecule has 0 aliphatic carbocycles. The van der Waals surface area contributed by atoms with Crippen molar-refractivity contribution in [1.82, 2.24) is 4.90 Å². The molecule has 0 aromatic rings. The quantitative estimate of drug-likeness (QED) is 0.690. The molecule has 0 aromatic heterocycles. The molecular formula is C7H12F3NO. The van der Waals surface area contributed by atoms with Crippen LogP contribution in [0.25, 0.3) is 0 Å². The van der Waals surface area contributed by atoms with E-state index >= 15 is 0 Å². The Morgan fingerprint density at radius 1 is 1.42 bits per heavy atom. The molecule has 0 bridgehead atoms. The van der Waals surface area contributed by atoms with Gasteiger partial charge in [-0.1, -0.05) is 0 Å². The van der Waals surface area contributed by atoms with Crippen molar-refractivity contribution in [3.05, 3.63) is 0 Å². The van der Waals surface area contributed by atoms with Gasteiger partial charge in [0.25, 0.3) is 0 Å². The van der Waals surface area contributed by atoms with Crippen molar-refractivity contribution in [3.8, 4) is 0 Å². The highest BCUT2D eigenvalue weighted by molar-refractivity contribution is 4.79. The number of alkyl halides is 3. The summed E-state index contributed by atoms with van der Waals surface area (Å²) in [6, 6.07) is -0.286. The van der Waals surface area contributed by atoms with E-state index in [0.717, 1.165) is 6.42 Å². The Labute approximate surface area is 69.0 Å². The van der Waals surface area contributed by atoms with Gasteiger partial charge in [-0.3, -0.25) is 4.90 Å². The van der Waals surface area contributed by atoms with Crippen molar-refractivity contribution in [2.45, 2.75) is 25.1 Å². The number of hydrogen-bond donors (Lipinski definition) is 1. The zero-order chi connectivity index (χ0) is 9.19. The van der Waals surface area contributed by atoms with E-state index in [0.29, 0.717) is 13.0 Å². The summed E-state index contributed by atoms with van der Waals surface area (Å²) < 4.78 is 35.7. The van der Waals surface area contributed by atoms with Crippen LogP contribution in [0.2, 0.25) is 0 Å². The number of aliphatic hydroxyl groups is 1. The highest BCUT2D eigenvalue weighted by atomic mass is 19.4. The Kier molecular flexibility index (Phi) is 2.95. The summed E-state index contributed by atoms with van der Waals surface area (Å²) in [6.07, 6.45) is -2.72. The smallest absolute Gasteiger partial charge is 0.395 e. The topological polar surface area (TPSA) is 23.5 Å². The monoisotopic (exact) mass is 183 g/mol. The molecule has 1 N–H and O–H groups in total. The lowest BCUT2D eigenvalue weighted by molar-refractivity contribution is -0.148. The van der Waals surface area contributed by atoms with Crippen LogP contribution in [-0.2, 0) is 0 Å². The van der Waals surface area contributed by atoms with Crippen LogP contribution in [0, 0.1) is 0 Å². The van der Waals surface area contributed by atoms with Crippen molar-refractivity contribution < 1.29 is 18.3 Å². The molecule has 72 valence electrons. The first-order valence-electron chi connectivity index (χ1n) is 3.94. The number of halogens is 3. The minimum Gasteiger partial charge on any atom is -0.395 e. The summed E-state index contributed by atoms with van der Waals surface area (Å²) in [5.74, 6) is 0. The van der Waals surface area contributed by atoms with Gasteiger partial charge in [0.15, 0.2) is 0 Å². The van der Waals surface area contributed by atoms with E-state index < -0.39 is 12.7 Å². The molecule has 12 heavy (non-hydrogen) atoms. The Morgan fingerprint density at radius 2 is 2.08 bits per heavy atom. The zero-order valence-electron chi connectivity index (χ0n) is 6.64. The molecule has 0 spiro atoms. The van der Waals surface area contributed by atoms with E-state index in [-0.39, 0.29) is 12.6 Å². The van der Waals surface area contributed by atoms with E-state index in [9.17, 15) is 13.2 Å². The minimum atomic E-state index is -4.14. The highest BCUT2D eigenvalue weighted by Gasteiger charge is 2.35. The number of hydrogen-bond acceptors (Lipinski definition) is 2. The maximum absolute atomic E-state index is 11.9. The van der Waals surface area contributed by atoms with Gasteiger partial charge in [-0.05, 0) is 19.4 Å². The lowest BCUT2D eigenvalue weighted by atomic mass is 10.2. The third-order valence-corrected chi connectivity index (χ3v) is 2.09. The highest BCUT2D eigenvalue weighted by Crippen LogP contribution is 2.23. The van der Waals surface area contributed by atoms with E-state index in [1.54, 1.807) is 0 Å². The second-order valence-electron chi connectivity index (χ2n) is 3.06. The third kappa shape index (κ3) is 2.64. The molecule has 1 aliphatic rings. The molecular weight excluding hydrogens is 171 g/mol. The summed E-state index contributed by atoms with van der Waals surface area (Å²) in [4.78, 5) is 1.29. The van der Waals surface area contributed by atoms with Crippen molar-refractivity contribution in [1.29, 1.82) is 0 Å². The lowest BCUT2D eigenvalue weighted by Crippen LogP contribution is -2.39. The molecule has 0 amide bonds. The van der Waals surface area contributed by atoms with Gasteiger partial charge in [0.05, 0.1) is 13.2 Å². The summed E-state index contributed by atoms with van der Waals surface area (Å²) >= 11 is 0. The fourth-order valence-electron chi connectivity index (χ4n) is 1.54. The molecule has 1 heterocycles. The van der Waals surface area contributed by atoms with E-state index in [2.05, 4.69) is 0 Å². The lowest BCUT2D eigenvalue weighted by Gasteiger charge is -2.23. The fourth-order valence-corrected chi connectivity index (χ4v) is 1.54. The van der Waals surface area contributed by atoms with Crippen LogP contribution in [0.1, 0.15) is 12.8 Å². The van der Waals surface area contributed by atoms with Crippen molar-refractivity contribution in [2.24, 2.45) is 0 Å². The minimum absolute atomic E-state index is 0.171. The molecule has 1 saturated heterocycles. The maximum Gasteiger partial charge on any atom is 0.401 e. The van der Waals surface area contributed by atoms with Crippen LogP contribution in [0.4, 0.5) is 13.2 Å². The second-order valence-corrected chi connectivity index (χ2v) is 3.06. The number of aliphatic hydroxyl groups excluding tert-OH is 1. The Hall–Kier alpha value is -0.290. The molecule has 0 radical (unpaired) electrons. The first-order valence-corrected chi connectivity index (χ1v) is 3.94. The molecule has 1 rings (SSSR count). The van der Waals surface area contributed by atoms with Gasteiger partial charge in [0, 0.05) is 6.04 Å². The fraction of sp³-hybridized carbons (Fsp3) is 1.00. The van der Waals surface area contributed by atoms with Crippen LogP contribution < -0.4 is 0 Å². The summed E-state index contributed by atoms with van der Waals surface area (Å²) in [6.45, 7) is -0.612. The first-order chi connectivity index (χ1) is 5.53. The summed E-state index contributed by atoms with van der Waals surface area (Å²) in [5, 5.41) is 8.72. The molecule has 5 heteroatoms. The van der Waals surface area contributed by atoms with E-state index in [1.165, 1.54) is 4.90 Å². The molecule has 1 fully saturated rings. The summed E-state index contributed by atoms with van der Waals surface area (Å²) in [5.41, 5.74) is 0. The van der Waals surface area contributed by atoms with Crippen LogP contribution in [0.3, 0.4) is 0 Å². The molecule has 1 unspecified atom stereocenters. The standard InChI is InChI=1S/C7H12F3NO/c8-7(9,10)5-11-3-1-2-6(11)4-12/h6,12H,1-5H2. The SMILES string of the molecule is OCC1CCCN1CC(F)(F)F. The number of rotatable bonds is 2. The molecule has 1 atom stereocenters. The van der Waals surface area contributed by atoms with Crippen LogP contribution in [-0.4, -0.2) is 41.9 Å². The zero-order valence-corrected chi connectivity index (χ0v) is 6.64. The average molecular weight is 183 g/mol. The predicted octanol–water partition coefficient (Wildman–Crippen LogP) is 1.01. The normalized spacial score (nSPS) is 26.5. The van der Waals surface area contributed by atoms with Gasteiger partial charge in [-0.25, -0.2) is 0 Å². The van der Waals surface area contributed by atoms with Crippen LogP contribution in [0.15, 0.2) is 0 Å². The van der Waals surface area contributed by atoms with Crippen molar-refractivity contribution in [2.75, 3.05) is 19.7 Å². The van der Waals surface area contributed by atoms with E-state index in [4.69, 9.17) is 5.11 Å². The number of likely N-dealkylation sites (tertiary alicyclic amines) is 1. The molecule has 1 aliphatic heterocycles. The van der Waals surface area contributed by atoms with Gasteiger partial charge in [0.2, 0.25) is 0 Å². The Balaban J connectivity index is 2.41. The van der Waals surface area contributed by atoms with Gasteiger partial charge in [0.1, 0.15) is 0 Å². The second kappa shape index (κ2) is 3.62.